The second kappa shape index (κ2) is 19.5. The van der Waals surface area contributed by atoms with Crippen molar-refractivity contribution >= 4 is 24.7 Å². The van der Waals surface area contributed by atoms with E-state index < -0.39 is 24.7 Å². The minimum Gasteiger partial charge on any atom is -0.411 e. The molecular formula is C40H74O5Si3. The highest BCUT2D eigenvalue weighted by atomic mass is 28.4. The van der Waals surface area contributed by atoms with Crippen LogP contribution in [0.4, 0.5) is 0 Å². The van der Waals surface area contributed by atoms with Crippen LogP contribution in [0.5, 0.6) is 0 Å². The van der Waals surface area contributed by atoms with Crippen molar-refractivity contribution in [2.45, 2.75) is 173 Å². The van der Waals surface area contributed by atoms with E-state index in [1.54, 1.807) is 7.11 Å². The topological polar surface area (TPSA) is 46.2 Å². The molecule has 0 aromatic carbocycles. The Morgan fingerprint density at radius 1 is 0.979 bits per heavy atom. The van der Waals surface area contributed by atoms with Gasteiger partial charge in [0.15, 0.2) is 16.6 Å². The van der Waals surface area contributed by atoms with E-state index in [4.69, 9.17) is 23.1 Å². The second-order valence-corrected chi connectivity index (χ2v) is 32.2. The summed E-state index contributed by atoms with van der Waals surface area (Å²) in [5, 5.41) is 0.170. The summed E-state index contributed by atoms with van der Waals surface area (Å²) >= 11 is 0. The first-order valence-corrected chi connectivity index (χ1v) is 27.5. The maximum atomic E-state index is 7.03. The summed E-state index contributed by atoms with van der Waals surface area (Å²) < 4.78 is 31.8. The fourth-order valence-electron chi connectivity index (χ4n) is 5.11. The second-order valence-electron chi connectivity index (χ2n) is 18.0. The minimum absolute atomic E-state index is 0.0812. The Labute approximate surface area is 300 Å². The summed E-state index contributed by atoms with van der Waals surface area (Å²) in [6.45, 7) is 40.9. The lowest BCUT2D eigenvalue weighted by molar-refractivity contribution is -0.0553. The summed E-state index contributed by atoms with van der Waals surface area (Å²) in [5.41, 5.74) is 4.64. The highest BCUT2D eigenvalue weighted by Crippen LogP contribution is 2.41. The Morgan fingerprint density at radius 2 is 1.58 bits per heavy atom. The van der Waals surface area contributed by atoms with Gasteiger partial charge in [-0.2, -0.15) is 0 Å². The maximum absolute atomic E-state index is 7.03. The van der Waals surface area contributed by atoms with Crippen molar-refractivity contribution in [3.63, 3.8) is 0 Å². The quantitative estimate of drug-likeness (QED) is 0.0576. The Morgan fingerprint density at radius 3 is 2.12 bits per heavy atom. The van der Waals surface area contributed by atoms with Gasteiger partial charge in [0.1, 0.15) is 14.9 Å². The van der Waals surface area contributed by atoms with Crippen LogP contribution in [0, 0.1) is 17.4 Å². The zero-order valence-corrected chi connectivity index (χ0v) is 36.8. The van der Waals surface area contributed by atoms with E-state index in [1.807, 2.05) is 6.08 Å². The van der Waals surface area contributed by atoms with Gasteiger partial charge in [-0.15, -0.1) is 18.0 Å². The van der Waals surface area contributed by atoms with Crippen molar-refractivity contribution in [2.24, 2.45) is 5.92 Å². The third kappa shape index (κ3) is 16.8. The molecule has 1 heterocycles. The van der Waals surface area contributed by atoms with E-state index in [2.05, 4.69) is 143 Å². The van der Waals surface area contributed by atoms with Gasteiger partial charge >= 0.3 is 0 Å². The third-order valence-electron chi connectivity index (χ3n) is 9.88. The molecule has 0 fully saturated rings. The Kier molecular flexibility index (Phi) is 18.3. The lowest BCUT2D eigenvalue weighted by Crippen LogP contribution is -2.51. The van der Waals surface area contributed by atoms with Gasteiger partial charge in [0.2, 0.25) is 0 Å². The average molecular weight is 719 g/mol. The van der Waals surface area contributed by atoms with E-state index in [-0.39, 0.29) is 47.4 Å². The van der Waals surface area contributed by atoms with Crippen molar-refractivity contribution in [1.82, 2.24) is 0 Å². The molecule has 0 spiro atoms. The Hall–Kier alpha value is -1.03. The first kappa shape index (κ1) is 45.0. The third-order valence-corrected chi connectivity index (χ3v) is 19.8. The van der Waals surface area contributed by atoms with Crippen LogP contribution in [0.1, 0.15) is 87.0 Å². The van der Waals surface area contributed by atoms with Gasteiger partial charge in [0, 0.05) is 13.5 Å². The zero-order chi connectivity index (χ0) is 37.0. The molecule has 0 bridgehead atoms. The fraction of sp³-hybridized carbons (Fsp3) is 0.750. The molecule has 5 nitrogen and oxygen atoms in total. The molecule has 48 heavy (non-hydrogen) atoms. The fourth-order valence-corrected chi connectivity index (χ4v) is 8.36. The lowest BCUT2D eigenvalue weighted by atomic mass is 9.91. The van der Waals surface area contributed by atoms with Gasteiger partial charge < -0.3 is 23.1 Å². The van der Waals surface area contributed by atoms with E-state index in [9.17, 15) is 0 Å². The molecule has 0 amide bonds. The molecule has 8 heteroatoms. The molecule has 0 saturated carbocycles. The molecule has 1 aliphatic heterocycles. The van der Waals surface area contributed by atoms with Gasteiger partial charge in [-0.3, -0.25) is 0 Å². The highest BCUT2D eigenvalue weighted by Gasteiger charge is 2.43. The molecule has 0 aromatic rings. The van der Waals surface area contributed by atoms with Gasteiger partial charge in [-0.1, -0.05) is 111 Å². The van der Waals surface area contributed by atoms with E-state index in [0.29, 0.717) is 12.3 Å². The van der Waals surface area contributed by atoms with Crippen molar-refractivity contribution in [3.8, 4) is 11.5 Å². The number of hydrogen-bond acceptors (Lipinski definition) is 5. The van der Waals surface area contributed by atoms with Gasteiger partial charge in [-0.05, 0) is 74.3 Å². The average Bonchev–Trinajstić information content (AvgIpc) is 2.92. The van der Waals surface area contributed by atoms with Crippen LogP contribution in [0.25, 0.3) is 0 Å². The predicted octanol–water partition coefficient (Wildman–Crippen LogP) is 11.2. The van der Waals surface area contributed by atoms with Crippen LogP contribution in [-0.2, 0) is 23.1 Å². The molecule has 0 aliphatic carbocycles. The summed E-state index contributed by atoms with van der Waals surface area (Å²) in [7, 11) is -3.83. The Balaban J connectivity index is 2.97. The summed E-state index contributed by atoms with van der Waals surface area (Å²) in [6.07, 6.45) is 15.7. The standard InChI is InChI=1S/C40H74O5Si3/c1-18-37(44-47(14,15)39(4,5)6)38(45-48(16,17)40(7,8)9)26-20-23-35(42-31-41-10)29-32(2)28-33(3)30-36-24-19-22-34(43-36)25-21-27-46(11,12)13/h18-20,22-23,33-38H,1-2,24-26,28-31H2,3-17H3/b23-20+/t33-,34-,35+,36-,37-,38-/m0/s1. The highest BCUT2D eigenvalue weighted by molar-refractivity contribution is 6.83. The van der Waals surface area contributed by atoms with Crippen molar-refractivity contribution < 1.29 is 23.1 Å². The largest absolute Gasteiger partial charge is 0.411 e. The first-order chi connectivity index (χ1) is 21.9. The normalized spacial score (nSPS) is 20.6. The molecule has 0 unspecified atom stereocenters. The van der Waals surface area contributed by atoms with E-state index >= 15 is 0 Å². The van der Waals surface area contributed by atoms with Crippen LogP contribution in [-0.4, -0.2) is 69.1 Å². The number of ether oxygens (including phenoxy) is 3. The van der Waals surface area contributed by atoms with Crippen LogP contribution in [0.2, 0.25) is 55.9 Å². The van der Waals surface area contributed by atoms with Crippen LogP contribution in [0.3, 0.4) is 0 Å². The zero-order valence-electron chi connectivity index (χ0n) is 33.8. The molecule has 0 saturated heterocycles. The van der Waals surface area contributed by atoms with Crippen LogP contribution >= 0.6 is 0 Å². The monoisotopic (exact) mass is 718 g/mol. The number of methoxy groups -OCH3 is 1. The smallest absolute Gasteiger partial charge is 0.193 e. The summed E-state index contributed by atoms with van der Waals surface area (Å²) in [4.78, 5) is 0. The molecule has 0 radical (unpaired) electrons. The number of rotatable bonds is 19. The molecule has 1 rings (SSSR count). The predicted molar refractivity (Wildman–Crippen MR) is 215 cm³/mol. The first-order valence-electron chi connectivity index (χ1n) is 18.1. The van der Waals surface area contributed by atoms with Crippen molar-refractivity contribution in [1.29, 1.82) is 0 Å². The lowest BCUT2D eigenvalue weighted by Gasteiger charge is -2.44. The van der Waals surface area contributed by atoms with E-state index in [1.165, 1.54) is 5.57 Å². The van der Waals surface area contributed by atoms with Crippen LogP contribution in [0.15, 0.2) is 49.1 Å². The van der Waals surface area contributed by atoms with Crippen molar-refractivity contribution in [3.05, 3.63) is 49.1 Å². The minimum atomic E-state index is -2.08. The van der Waals surface area contributed by atoms with Gasteiger partial charge in [0.05, 0.1) is 30.5 Å². The van der Waals surface area contributed by atoms with Gasteiger partial charge in [0.25, 0.3) is 0 Å². The SMILES string of the molecule is C=C[C@H](O[Si](C)(C)C(C)(C)C)[C@H](C/C=C/[C@H](CC(=C)C[C@H](C)C[C@@H]1CC=C[C@@H](CC#C[Si](C)(C)C)O1)OCOC)O[Si](C)(C)C(C)(C)C. The molecule has 6 atom stereocenters. The summed E-state index contributed by atoms with van der Waals surface area (Å²) in [6, 6.07) is 0. The Bertz CT molecular complexity index is 1110. The molecular weight excluding hydrogens is 645 g/mol. The van der Waals surface area contributed by atoms with Gasteiger partial charge in [-0.25, -0.2) is 0 Å². The molecule has 0 N–H and O–H groups in total. The molecule has 1 aliphatic rings. The summed E-state index contributed by atoms with van der Waals surface area (Å²) in [5.74, 6) is 3.84. The van der Waals surface area contributed by atoms with Crippen molar-refractivity contribution in [2.75, 3.05) is 13.9 Å². The van der Waals surface area contributed by atoms with E-state index in [0.717, 1.165) is 32.1 Å². The number of hydrogen-bond donors (Lipinski definition) is 0. The van der Waals surface area contributed by atoms with Crippen LogP contribution < -0.4 is 0 Å². The molecule has 276 valence electrons. The molecule has 0 aromatic heterocycles. The maximum Gasteiger partial charge on any atom is 0.193 e.